The predicted octanol–water partition coefficient (Wildman–Crippen LogP) is 2.11. The Kier molecular flexibility index (Phi) is 4.38. The summed E-state index contributed by atoms with van der Waals surface area (Å²) in [5.74, 6) is 0.651. The van der Waals surface area contributed by atoms with Crippen LogP contribution < -0.4 is 5.32 Å². The normalized spacial score (nSPS) is 17.7. The van der Waals surface area contributed by atoms with Crippen LogP contribution in [-0.4, -0.2) is 55.9 Å². The number of anilines is 1. The molecule has 0 spiro atoms. The number of hydrogen-bond donors (Lipinski definition) is 2. The van der Waals surface area contributed by atoms with Crippen molar-refractivity contribution in [3.8, 4) is 23.2 Å². The Morgan fingerprint density at radius 1 is 1.30 bits per heavy atom. The lowest BCUT2D eigenvalue weighted by Crippen LogP contribution is -2.40. The molecule has 4 heterocycles. The number of aromatic hydroxyl groups is 1. The van der Waals surface area contributed by atoms with Gasteiger partial charge in [0.05, 0.1) is 11.1 Å². The third-order valence-electron chi connectivity index (χ3n) is 4.99. The van der Waals surface area contributed by atoms with Crippen molar-refractivity contribution in [2.45, 2.75) is 18.9 Å². The lowest BCUT2D eigenvalue weighted by molar-refractivity contribution is 0.261. The first kappa shape index (κ1) is 17.2. The molecule has 4 rings (SSSR count). The summed E-state index contributed by atoms with van der Waals surface area (Å²) in [4.78, 5) is 6.53. The highest BCUT2D eigenvalue weighted by Crippen LogP contribution is 2.34. The Morgan fingerprint density at radius 3 is 2.89 bits per heavy atom. The zero-order chi connectivity index (χ0) is 19.0. The molecule has 0 aromatic carbocycles. The summed E-state index contributed by atoms with van der Waals surface area (Å²) in [7, 11) is 4.08. The Bertz CT molecular complexity index is 1040. The average molecular weight is 363 g/mol. The van der Waals surface area contributed by atoms with Gasteiger partial charge in [-0.1, -0.05) is 0 Å². The molecule has 1 aliphatic heterocycles. The summed E-state index contributed by atoms with van der Waals surface area (Å²) in [6.45, 7) is 2.08. The molecule has 27 heavy (non-hydrogen) atoms. The minimum absolute atomic E-state index is 0.0804. The number of fused-ring (bicyclic) bond motifs is 1. The molecule has 138 valence electrons. The standard InChI is InChI=1S/C19H21N7O/c1-25-6-3-4-13(11-25)22-19-18-14(5-7-26(18)2)16(23-24-19)17-15(27)8-12(9-20)10-21-17/h5,7-8,10,13,27H,3-4,6,11H2,1-2H3,(H,22,24)/t13-/m1/s1. The van der Waals surface area contributed by atoms with E-state index in [0.717, 1.165) is 42.7 Å². The average Bonchev–Trinajstić information content (AvgIpc) is 3.05. The van der Waals surface area contributed by atoms with Gasteiger partial charge in [-0.25, -0.2) is 4.98 Å². The number of likely N-dealkylation sites (N-methyl/N-ethyl adjacent to an activating group) is 1. The maximum atomic E-state index is 10.3. The molecule has 0 radical (unpaired) electrons. The number of piperidine rings is 1. The fourth-order valence-electron chi connectivity index (χ4n) is 3.66. The van der Waals surface area contributed by atoms with Crippen LogP contribution >= 0.6 is 0 Å². The van der Waals surface area contributed by atoms with Gasteiger partial charge in [0.15, 0.2) is 5.82 Å². The molecule has 0 aliphatic carbocycles. The van der Waals surface area contributed by atoms with Gasteiger partial charge in [-0.15, -0.1) is 10.2 Å². The molecule has 0 unspecified atom stereocenters. The molecular formula is C19H21N7O. The van der Waals surface area contributed by atoms with Crippen LogP contribution in [0.15, 0.2) is 24.5 Å². The van der Waals surface area contributed by atoms with Crippen molar-refractivity contribution in [3.05, 3.63) is 30.1 Å². The maximum Gasteiger partial charge on any atom is 0.173 e. The summed E-state index contributed by atoms with van der Waals surface area (Å²) in [5, 5.41) is 32.4. The molecule has 1 saturated heterocycles. The van der Waals surface area contributed by atoms with Crippen LogP contribution in [0.4, 0.5) is 5.82 Å². The summed E-state index contributed by atoms with van der Waals surface area (Å²) in [6, 6.07) is 5.62. The minimum atomic E-state index is -0.0804. The lowest BCUT2D eigenvalue weighted by atomic mass is 10.1. The largest absolute Gasteiger partial charge is 0.506 e. The van der Waals surface area contributed by atoms with Gasteiger partial charge < -0.3 is 19.9 Å². The number of aromatic nitrogens is 4. The molecule has 0 amide bonds. The van der Waals surface area contributed by atoms with Crippen LogP contribution in [0.3, 0.4) is 0 Å². The van der Waals surface area contributed by atoms with E-state index in [1.807, 2.05) is 29.9 Å². The van der Waals surface area contributed by atoms with Crippen LogP contribution in [0.25, 0.3) is 22.3 Å². The van der Waals surface area contributed by atoms with E-state index < -0.39 is 0 Å². The maximum absolute atomic E-state index is 10.3. The number of likely N-dealkylation sites (tertiary alicyclic amines) is 1. The van der Waals surface area contributed by atoms with E-state index in [2.05, 4.69) is 32.4 Å². The highest BCUT2D eigenvalue weighted by molar-refractivity contribution is 5.98. The number of rotatable bonds is 3. The number of nitriles is 1. The van der Waals surface area contributed by atoms with E-state index in [1.165, 1.54) is 12.3 Å². The van der Waals surface area contributed by atoms with E-state index in [-0.39, 0.29) is 5.75 Å². The molecule has 3 aromatic heterocycles. The highest BCUT2D eigenvalue weighted by atomic mass is 16.3. The summed E-state index contributed by atoms with van der Waals surface area (Å²) in [5.41, 5.74) is 2.03. The third-order valence-corrected chi connectivity index (χ3v) is 4.99. The number of aryl methyl sites for hydroxylation is 1. The third kappa shape index (κ3) is 3.17. The Balaban J connectivity index is 1.76. The van der Waals surface area contributed by atoms with Gasteiger partial charge in [0.1, 0.15) is 23.2 Å². The van der Waals surface area contributed by atoms with Crippen molar-refractivity contribution in [1.29, 1.82) is 5.26 Å². The molecule has 3 aromatic rings. The minimum Gasteiger partial charge on any atom is -0.506 e. The molecule has 2 N–H and O–H groups in total. The number of hydrogen-bond acceptors (Lipinski definition) is 7. The van der Waals surface area contributed by atoms with E-state index in [0.29, 0.717) is 23.0 Å². The summed E-state index contributed by atoms with van der Waals surface area (Å²) in [6.07, 6.45) is 5.61. The number of pyridine rings is 1. The van der Waals surface area contributed by atoms with Crippen LogP contribution in [0.5, 0.6) is 5.75 Å². The Labute approximate surface area is 157 Å². The van der Waals surface area contributed by atoms with E-state index >= 15 is 0 Å². The van der Waals surface area contributed by atoms with E-state index in [9.17, 15) is 5.11 Å². The van der Waals surface area contributed by atoms with Crippen molar-refractivity contribution in [1.82, 2.24) is 24.6 Å². The first-order valence-electron chi connectivity index (χ1n) is 8.93. The Morgan fingerprint density at radius 2 is 2.15 bits per heavy atom. The molecule has 0 saturated carbocycles. The second-order valence-electron chi connectivity index (χ2n) is 7.04. The second-order valence-corrected chi connectivity index (χ2v) is 7.04. The van der Waals surface area contributed by atoms with Crippen molar-refractivity contribution < 1.29 is 5.11 Å². The fraction of sp³-hybridized carbons (Fsp3) is 0.368. The first-order valence-corrected chi connectivity index (χ1v) is 8.93. The molecule has 8 heteroatoms. The van der Waals surface area contributed by atoms with Gasteiger partial charge in [0.2, 0.25) is 0 Å². The van der Waals surface area contributed by atoms with Gasteiger partial charge in [-0.05, 0) is 32.5 Å². The van der Waals surface area contributed by atoms with Gasteiger partial charge in [0, 0.05) is 43.5 Å². The quantitative estimate of drug-likeness (QED) is 0.734. The SMILES string of the molecule is CN1CCC[C@@H](Nc2nnc(-c3ncc(C#N)cc3O)c3ccn(C)c23)C1. The lowest BCUT2D eigenvalue weighted by Gasteiger charge is -2.30. The zero-order valence-corrected chi connectivity index (χ0v) is 15.3. The molecule has 0 bridgehead atoms. The molecule has 1 atom stereocenters. The van der Waals surface area contributed by atoms with Gasteiger partial charge >= 0.3 is 0 Å². The monoisotopic (exact) mass is 363 g/mol. The number of nitrogens with zero attached hydrogens (tertiary/aromatic N) is 6. The fourth-order valence-corrected chi connectivity index (χ4v) is 3.66. The summed E-state index contributed by atoms with van der Waals surface area (Å²) >= 11 is 0. The molecule has 8 nitrogen and oxygen atoms in total. The second kappa shape index (κ2) is 6.85. The molecular weight excluding hydrogens is 342 g/mol. The van der Waals surface area contributed by atoms with Crippen molar-refractivity contribution >= 4 is 16.7 Å². The zero-order valence-electron chi connectivity index (χ0n) is 15.3. The molecule has 1 aliphatic rings. The van der Waals surface area contributed by atoms with E-state index in [4.69, 9.17) is 5.26 Å². The van der Waals surface area contributed by atoms with Crippen LogP contribution in [-0.2, 0) is 7.05 Å². The summed E-state index contributed by atoms with van der Waals surface area (Å²) < 4.78 is 1.99. The first-order chi connectivity index (χ1) is 13.1. The van der Waals surface area contributed by atoms with E-state index in [1.54, 1.807) is 0 Å². The van der Waals surface area contributed by atoms with Crippen molar-refractivity contribution in [2.24, 2.45) is 7.05 Å². The number of nitrogens with one attached hydrogen (secondary N) is 1. The van der Waals surface area contributed by atoms with Crippen molar-refractivity contribution in [2.75, 3.05) is 25.5 Å². The topological polar surface area (TPSA) is 103 Å². The van der Waals surface area contributed by atoms with Gasteiger partial charge in [-0.3, -0.25) is 0 Å². The smallest absolute Gasteiger partial charge is 0.173 e. The van der Waals surface area contributed by atoms with Crippen LogP contribution in [0.1, 0.15) is 18.4 Å². The van der Waals surface area contributed by atoms with Gasteiger partial charge in [-0.2, -0.15) is 5.26 Å². The van der Waals surface area contributed by atoms with Crippen LogP contribution in [0.2, 0.25) is 0 Å². The molecule has 1 fully saturated rings. The predicted molar refractivity (Wildman–Crippen MR) is 102 cm³/mol. The highest BCUT2D eigenvalue weighted by Gasteiger charge is 2.22. The van der Waals surface area contributed by atoms with Crippen molar-refractivity contribution in [3.63, 3.8) is 0 Å². The Hall–Kier alpha value is -3.18. The van der Waals surface area contributed by atoms with Crippen LogP contribution in [0, 0.1) is 11.3 Å². The van der Waals surface area contributed by atoms with Gasteiger partial charge in [0.25, 0.3) is 0 Å².